The number of nitrogens with one attached hydrogen (secondary N) is 2. The molecule has 0 saturated heterocycles. The molecule has 1 aliphatic rings. The van der Waals surface area contributed by atoms with Gasteiger partial charge in [0.15, 0.2) is 12.3 Å². The van der Waals surface area contributed by atoms with E-state index in [2.05, 4.69) is 15.8 Å². The van der Waals surface area contributed by atoms with Gasteiger partial charge in [-0.15, -0.1) is 0 Å². The topological polar surface area (TPSA) is 93.5 Å². The number of hydrogen-bond acceptors (Lipinski definition) is 5. The normalized spacial score (nSPS) is 13.4. The standard InChI is InChI=1S/C17H19N3O4/c1-2-18-16(21)10-23-13-7-5-12(6-8-13)19-17(22)14-9-15(24-20-14)11-3-4-11/h5-9,11H,2-4,10H2,1H3,(H,18,21)(H,19,22). The molecule has 126 valence electrons. The van der Waals surface area contributed by atoms with Gasteiger partial charge in [0.25, 0.3) is 11.8 Å². The molecule has 1 aliphatic carbocycles. The summed E-state index contributed by atoms with van der Waals surface area (Å²) in [6, 6.07) is 8.47. The number of rotatable bonds is 7. The minimum absolute atomic E-state index is 0.0393. The van der Waals surface area contributed by atoms with Crippen LogP contribution in [-0.4, -0.2) is 30.1 Å². The molecule has 2 N–H and O–H groups in total. The van der Waals surface area contributed by atoms with E-state index >= 15 is 0 Å². The highest BCUT2D eigenvalue weighted by Crippen LogP contribution is 2.40. The molecule has 24 heavy (non-hydrogen) atoms. The highest BCUT2D eigenvalue weighted by molar-refractivity contribution is 6.02. The Bertz CT molecular complexity index is 720. The molecule has 7 nitrogen and oxygen atoms in total. The number of likely N-dealkylation sites (N-methyl/N-ethyl adjacent to an activating group) is 1. The summed E-state index contributed by atoms with van der Waals surface area (Å²) in [7, 11) is 0. The first-order chi connectivity index (χ1) is 11.7. The Morgan fingerprint density at radius 3 is 2.71 bits per heavy atom. The zero-order valence-electron chi connectivity index (χ0n) is 13.4. The second-order valence-corrected chi connectivity index (χ2v) is 5.61. The average molecular weight is 329 g/mol. The van der Waals surface area contributed by atoms with Gasteiger partial charge in [-0.25, -0.2) is 0 Å². The molecule has 1 aromatic carbocycles. The lowest BCUT2D eigenvalue weighted by Crippen LogP contribution is -2.28. The molecule has 0 unspecified atom stereocenters. The molecule has 0 atom stereocenters. The van der Waals surface area contributed by atoms with Crippen molar-refractivity contribution in [3.8, 4) is 5.75 Å². The van der Waals surface area contributed by atoms with Gasteiger partial charge in [0, 0.05) is 24.2 Å². The maximum Gasteiger partial charge on any atom is 0.277 e. The lowest BCUT2D eigenvalue weighted by molar-refractivity contribution is -0.122. The first-order valence-corrected chi connectivity index (χ1v) is 7.93. The Balaban J connectivity index is 1.53. The summed E-state index contributed by atoms with van der Waals surface area (Å²) in [5.74, 6) is 1.25. The predicted octanol–water partition coefficient (Wildman–Crippen LogP) is 2.32. The Morgan fingerprint density at radius 2 is 2.04 bits per heavy atom. The summed E-state index contributed by atoms with van der Waals surface area (Å²) in [6.45, 7) is 2.37. The van der Waals surface area contributed by atoms with E-state index in [1.165, 1.54) is 0 Å². The van der Waals surface area contributed by atoms with E-state index in [0.717, 1.165) is 18.6 Å². The van der Waals surface area contributed by atoms with E-state index in [4.69, 9.17) is 9.26 Å². The monoisotopic (exact) mass is 329 g/mol. The number of ether oxygens (including phenoxy) is 1. The summed E-state index contributed by atoms with van der Waals surface area (Å²) in [4.78, 5) is 23.5. The number of carbonyl (C=O) groups is 2. The van der Waals surface area contributed by atoms with Gasteiger partial charge >= 0.3 is 0 Å². The number of carbonyl (C=O) groups excluding carboxylic acids is 2. The maximum atomic E-state index is 12.1. The van der Waals surface area contributed by atoms with E-state index in [0.29, 0.717) is 23.9 Å². The lowest BCUT2D eigenvalue weighted by Gasteiger charge is -2.07. The van der Waals surface area contributed by atoms with Crippen molar-refractivity contribution in [1.29, 1.82) is 0 Å². The van der Waals surface area contributed by atoms with Crippen LogP contribution in [0.25, 0.3) is 0 Å². The molecule has 1 aromatic heterocycles. The third kappa shape index (κ3) is 4.13. The van der Waals surface area contributed by atoms with Gasteiger partial charge in [0.2, 0.25) is 0 Å². The smallest absolute Gasteiger partial charge is 0.277 e. The average Bonchev–Trinajstić information content (AvgIpc) is 3.31. The number of amides is 2. The van der Waals surface area contributed by atoms with Crippen molar-refractivity contribution in [1.82, 2.24) is 10.5 Å². The fourth-order valence-corrected chi connectivity index (χ4v) is 2.18. The van der Waals surface area contributed by atoms with Gasteiger partial charge in [0.05, 0.1) is 0 Å². The first-order valence-electron chi connectivity index (χ1n) is 7.93. The second kappa shape index (κ2) is 7.16. The quantitative estimate of drug-likeness (QED) is 0.813. The minimum atomic E-state index is -0.318. The molecule has 7 heteroatoms. The molecule has 1 heterocycles. The van der Waals surface area contributed by atoms with Crippen LogP contribution >= 0.6 is 0 Å². The summed E-state index contributed by atoms with van der Waals surface area (Å²) < 4.78 is 10.5. The molecule has 2 aromatic rings. The van der Waals surface area contributed by atoms with Crippen molar-refractivity contribution in [2.24, 2.45) is 0 Å². The van der Waals surface area contributed by atoms with Crippen LogP contribution in [0.15, 0.2) is 34.9 Å². The van der Waals surface area contributed by atoms with Crippen molar-refractivity contribution >= 4 is 17.5 Å². The second-order valence-electron chi connectivity index (χ2n) is 5.61. The van der Waals surface area contributed by atoms with Crippen molar-refractivity contribution in [3.05, 3.63) is 41.8 Å². The molecule has 1 fully saturated rings. The van der Waals surface area contributed by atoms with Crippen molar-refractivity contribution in [2.75, 3.05) is 18.5 Å². The Labute approximate surface area is 139 Å². The van der Waals surface area contributed by atoms with E-state index in [9.17, 15) is 9.59 Å². The summed E-state index contributed by atoms with van der Waals surface area (Å²) in [5, 5.41) is 9.20. The van der Waals surface area contributed by atoms with Crippen LogP contribution in [0.2, 0.25) is 0 Å². The van der Waals surface area contributed by atoms with Gasteiger partial charge < -0.3 is 19.9 Å². The van der Waals surface area contributed by atoms with Crippen LogP contribution in [0.4, 0.5) is 5.69 Å². The van der Waals surface area contributed by atoms with E-state index in [1.54, 1.807) is 30.3 Å². The highest BCUT2D eigenvalue weighted by atomic mass is 16.5. The fraction of sp³-hybridized carbons (Fsp3) is 0.353. The zero-order valence-corrected chi connectivity index (χ0v) is 13.4. The molecular formula is C17H19N3O4. The van der Waals surface area contributed by atoms with Gasteiger partial charge in [-0.2, -0.15) is 0 Å². The van der Waals surface area contributed by atoms with Gasteiger partial charge in [0.1, 0.15) is 11.5 Å². The summed E-state index contributed by atoms with van der Waals surface area (Å²) in [5.41, 5.74) is 0.884. The van der Waals surface area contributed by atoms with Crippen molar-refractivity contribution in [2.45, 2.75) is 25.7 Å². The van der Waals surface area contributed by atoms with E-state index in [-0.39, 0.29) is 24.1 Å². The molecule has 0 spiro atoms. The fourth-order valence-electron chi connectivity index (χ4n) is 2.18. The number of hydrogen-bond donors (Lipinski definition) is 2. The molecule has 3 rings (SSSR count). The highest BCUT2D eigenvalue weighted by Gasteiger charge is 2.28. The van der Waals surface area contributed by atoms with Gasteiger partial charge in [-0.1, -0.05) is 5.16 Å². The SMILES string of the molecule is CCNC(=O)COc1ccc(NC(=O)c2cc(C3CC3)on2)cc1. The third-order valence-corrected chi connectivity index (χ3v) is 3.60. The Hall–Kier alpha value is -2.83. The van der Waals surface area contributed by atoms with Crippen LogP contribution < -0.4 is 15.4 Å². The van der Waals surface area contributed by atoms with Crippen LogP contribution in [0.3, 0.4) is 0 Å². The first kappa shape index (κ1) is 16.0. The minimum Gasteiger partial charge on any atom is -0.484 e. The number of benzene rings is 1. The molecule has 2 amide bonds. The molecular weight excluding hydrogens is 310 g/mol. The third-order valence-electron chi connectivity index (χ3n) is 3.60. The van der Waals surface area contributed by atoms with Crippen LogP contribution in [-0.2, 0) is 4.79 Å². The molecule has 1 saturated carbocycles. The van der Waals surface area contributed by atoms with Gasteiger partial charge in [-0.05, 0) is 44.0 Å². The number of anilines is 1. The largest absolute Gasteiger partial charge is 0.484 e. The lowest BCUT2D eigenvalue weighted by atomic mass is 10.2. The van der Waals surface area contributed by atoms with Crippen LogP contribution in [0, 0.1) is 0 Å². The number of nitrogens with zero attached hydrogens (tertiary/aromatic N) is 1. The zero-order chi connectivity index (χ0) is 16.9. The van der Waals surface area contributed by atoms with Crippen LogP contribution in [0.1, 0.15) is 41.9 Å². The summed E-state index contributed by atoms with van der Waals surface area (Å²) in [6.07, 6.45) is 2.18. The molecule has 0 aliphatic heterocycles. The summed E-state index contributed by atoms with van der Waals surface area (Å²) >= 11 is 0. The molecule has 0 bridgehead atoms. The van der Waals surface area contributed by atoms with Crippen molar-refractivity contribution in [3.63, 3.8) is 0 Å². The van der Waals surface area contributed by atoms with E-state index in [1.807, 2.05) is 6.92 Å². The molecule has 0 radical (unpaired) electrons. The number of aromatic nitrogens is 1. The Kier molecular flexibility index (Phi) is 4.79. The Morgan fingerprint density at radius 1 is 1.29 bits per heavy atom. The van der Waals surface area contributed by atoms with E-state index < -0.39 is 0 Å². The maximum absolute atomic E-state index is 12.1. The van der Waals surface area contributed by atoms with Crippen LogP contribution in [0.5, 0.6) is 5.75 Å². The van der Waals surface area contributed by atoms with Crippen molar-refractivity contribution < 1.29 is 18.8 Å². The van der Waals surface area contributed by atoms with Gasteiger partial charge in [-0.3, -0.25) is 9.59 Å². The predicted molar refractivity (Wildman–Crippen MR) is 87.1 cm³/mol.